The van der Waals surface area contributed by atoms with Crippen molar-refractivity contribution < 1.29 is 9.53 Å². The van der Waals surface area contributed by atoms with Gasteiger partial charge in [-0.25, -0.2) is 0 Å². The van der Waals surface area contributed by atoms with Gasteiger partial charge in [0.2, 0.25) is 0 Å². The van der Waals surface area contributed by atoms with Crippen LogP contribution in [0.2, 0.25) is 0 Å². The van der Waals surface area contributed by atoms with Crippen molar-refractivity contribution in [2.24, 2.45) is 16.6 Å². The zero-order valence-electron chi connectivity index (χ0n) is 8.95. The summed E-state index contributed by atoms with van der Waals surface area (Å²) in [6.07, 6.45) is 0. The molecule has 14 heavy (non-hydrogen) atoms. The molecule has 2 N–H and O–H groups in total. The number of thioether (sulfide) groups is 1. The van der Waals surface area contributed by atoms with Crippen molar-refractivity contribution in [2.75, 3.05) is 25.2 Å². The van der Waals surface area contributed by atoms with Gasteiger partial charge in [-0.1, -0.05) is 6.92 Å². The summed E-state index contributed by atoms with van der Waals surface area (Å²) in [6, 6.07) is 0. The molecule has 0 radical (unpaired) electrons. The maximum Gasteiger partial charge on any atom is 0.309 e. The number of rotatable bonds is 6. The number of nitrogens with two attached hydrogens (primary N) is 1. The predicted octanol–water partition coefficient (Wildman–Crippen LogP) is 0.906. The molecule has 0 aliphatic carbocycles. The molecule has 0 aliphatic rings. The van der Waals surface area contributed by atoms with Gasteiger partial charge in [-0.15, -0.1) is 0 Å². The van der Waals surface area contributed by atoms with E-state index in [1.54, 1.807) is 18.7 Å². The fourth-order valence-corrected chi connectivity index (χ4v) is 1.69. The summed E-state index contributed by atoms with van der Waals surface area (Å²) in [7, 11) is 1.41. The number of methoxy groups -OCH3 is 1. The number of carbonyl (C=O) groups excluding carboxylic acids is 1. The highest BCUT2D eigenvalue weighted by atomic mass is 32.2. The van der Waals surface area contributed by atoms with Gasteiger partial charge in [-0.2, -0.15) is 11.8 Å². The largest absolute Gasteiger partial charge is 0.469 e. The fraction of sp³-hybridized carbons (Fsp3) is 0.778. The first-order chi connectivity index (χ1) is 6.57. The van der Waals surface area contributed by atoms with E-state index in [0.717, 1.165) is 11.5 Å². The number of hydrogen-bond acceptors (Lipinski definition) is 4. The monoisotopic (exact) mass is 218 g/mol. The van der Waals surface area contributed by atoms with Crippen LogP contribution >= 0.6 is 11.8 Å². The van der Waals surface area contributed by atoms with Crippen LogP contribution in [0.1, 0.15) is 13.8 Å². The third-order valence-electron chi connectivity index (χ3n) is 1.57. The molecule has 0 bridgehead atoms. The van der Waals surface area contributed by atoms with Gasteiger partial charge in [0.1, 0.15) is 0 Å². The molecule has 5 heteroatoms. The first-order valence-electron chi connectivity index (χ1n) is 4.50. The summed E-state index contributed by atoms with van der Waals surface area (Å²) in [6.45, 7) is 4.33. The zero-order chi connectivity index (χ0) is 11.0. The van der Waals surface area contributed by atoms with E-state index in [1.807, 2.05) is 6.92 Å². The molecule has 1 atom stereocenters. The third-order valence-corrected chi connectivity index (χ3v) is 2.78. The second kappa shape index (κ2) is 7.67. The topological polar surface area (TPSA) is 64.7 Å². The van der Waals surface area contributed by atoms with Crippen LogP contribution in [0.3, 0.4) is 0 Å². The average Bonchev–Trinajstić information content (AvgIpc) is 2.15. The van der Waals surface area contributed by atoms with Crippen molar-refractivity contribution >= 4 is 23.6 Å². The minimum Gasteiger partial charge on any atom is -0.469 e. The predicted molar refractivity (Wildman–Crippen MR) is 60.7 cm³/mol. The van der Waals surface area contributed by atoms with Crippen LogP contribution in [-0.2, 0) is 9.53 Å². The number of amidine groups is 1. The molecule has 0 saturated carbocycles. The van der Waals surface area contributed by atoms with Crippen molar-refractivity contribution in [2.45, 2.75) is 13.8 Å². The van der Waals surface area contributed by atoms with E-state index in [1.165, 1.54) is 7.11 Å². The van der Waals surface area contributed by atoms with E-state index in [9.17, 15) is 4.79 Å². The Morgan fingerprint density at radius 1 is 1.64 bits per heavy atom. The SMILES string of the molecule is COC(=O)[C@H](C)CSCCN=C(C)N. The molecule has 0 heterocycles. The lowest BCUT2D eigenvalue weighted by atomic mass is 10.2. The van der Waals surface area contributed by atoms with E-state index in [2.05, 4.69) is 9.73 Å². The molecule has 0 aromatic rings. The summed E-state index contributed by atoms with van der Waals surface area (Å²) >= 11 is 1.68. The van der Waals surface area contributed by atoms with E-state index >= 15 is 0 Å². The van der Waals surface area contributed by atoms with Gasteiger partial charge in [0.25, 0.3) is 0 Å². The lowest BCUT2D eigenvalue weighted by molar-refractivity contribution is -0.143. The number of carbonyl (C=O) groups is 1. The minimum atomic E-state index is -0.156. The van der Waals surface area contributed by atoms with Crippen LogP contribution in [0.5, 0.6) is 0 Å². The number of nitrogens with zero attached hydrogens (tertiary/aromatic N) is 1. The minimum absolute atomic E-state index is 0.0482. The molecular formula is C9H18N2O2S. The lowest BCUT2D eigenvalue weighted by Gasteiger charge is -2.07. The second-order valence-corrected chi connectivity index (χ2v) is 4.17. The summed E-state index contributed by atoms with van der Waals surface area (Å²) in [5.74, 6) is 2.05. The second-order valence-electron chi connectivity index (χ2n) is 3.02. The van der Waals surface area contributed by atoms with Crippen LogP contribution in [0.15, 0.2) is 4.99 Å². The molecule has 0 spiro atoms. The van der Waals surface area contributed by atoms with E-state index in [4.69, 9.17) is 5.73 Å². The van der Waals surface area contributed by atoms with Crippen molar-refractivity contribution in [3.8, 4) is 0 Å². The van der Waals surface area contributed by atoms with Gasteiger partial charge < -0.3 is 10.5 Å². The number of aliphatic imine (C=N–C) groups is 1. The van der Waals surface area contributed by atoms with E-state index in [0.29, 0.717) is 12.4 Å². The summed E-state index contributed by atoms with van der Waals surface area (Å²) in [5, 5.41) is 0. The Labute approximate surface area is 89.3 Å². The van der Waals surface area contributed by atoms with Gasteiger partial charge >= 0.3 is 5.97 Å². The van der Waals surface area contributed by atoms with E-state index < -0.39 is 0 Å². The summed E-state index contributed by atoms with van der Waals surface area (Å²) < 4.78 is 4.61. The molecular weight excluding hydrogens is 200 g/mol. The molecule has 0 saturated heterocycles. The highest BCUT2D eigenvalue weighted by molar-refractivity contribution is 7.99. The maximum absolute atomic E-state index is 11.0. The number of ether oxygens (including phenoxy) is 1. The molecule has 0 aliphatic heterocycles. The van der Waals surface area contributed by atoms with Crippen LogP contribution in [0.4, 0.5) is 0 Å². The Morgan fingerprint density at radius 2 is 2.29 bits per heavy atom. The normalized spacial score (nSPS) is 13.8. The molecule has 4 nitrogen and oxygen atoms in total. The fourth-order valence-electron chi connectivity index (χ4n) is 0.816. The molecule has 0 rings (SSSR count). The van der Waals surface area contributed by atoms with Gasteiger partial charge in [0.15, 0.2) is 0 Å². The van der Waals surface area contributed by atoms with Crippen molar-refractivity contribution in [3.05, 3.63) is 0 Å². The van der Waals surface area contributed by atoms with Gasteiger partial charge in [0, 0.05) is 18.1 Å². The number of hydrogen-bond donors (Lipinski definition) is 1. The molecule has 0 fully saturated rings. The van der Waals surface area contributed by atoms with Gasteiger partial charge in [0.05, 0.1) is 18.9 Å². The molecule has 0 unspecified atom stereocenters. The van der Waals surface area contributed by atoms with Crippen LogP contribution in [0, 0.1) is 5.92 Å². The third kappa shape index (κ3) is 6.77. The maximum atomic E-state index is 11.0. The highest BCUT2D eigenvalue weighted by Gasteiger charge is 2.11. The molecule has 82 valence electrons. The number of esters is 1. The Balaban J connectivity index is 3.45. The average molecular weight is 218 g/mol. The summed E-state index contributed by atoms with van der Waals surface area (Å²) in [4.78, 5) is 15.0. The highest BCUT2D eigenvalue weighted by Crippen LogP contribution is 2.09. The van der Waals surface area contributed by atoms with Gasteiger partial charge in [-0.05, 0) is 6.92 Å². The Hall–Kier alpha value is -0.710. The Bertz CT molecular complexity index is 203. The Morgan fingerprint density at radius 3 is 2.79 bits per heavy atom. The standard InChI is InChI=1S/C9H18N2O2S/c1-7(9(12)13-3)6-14-5-4-11-8(2)10/h7H,4-6H2,1-3H3,(H2,10,11)/t7-/m1/s1. The Kier molecular flexibility index (Phi) is 7.28. The first kappa shape index (κ1) is 13.3. The van der Waals surface area contributed by atoms with Crippen LogP contribution in [0.25, 0.3) is 0 Å². The first-order valence-corrected chi connectivity index (χ1v) is 5.65. The van der Waals surface area contributed by atoms with Crippen LogP contribution < -0.4 is 5.73 Å². The van der Waals surface area contributed by atoms with Crippen LogP contribution in [-0.4, -0.2) is 37.0 Å². The van der Waals surface area contributed by atoms with Crippen molar-refractivity contribution in [1.82, 2.24) is 0 Å². The summed E-state index contributed by atoms with van der Waals surface area (Å²) in [5.41, 5.74) is 5.37. The smallest absolute Gasteiger partial charge is 0.309 e. The molecule has 0 amide bonds. The van der Waals surface area contributed by atoms with Crippen molar-refractivity contribution in [3.63, 3.8) is 0 Å². The lowest BCUT2D eigenvalue weighted by Crippen LogP contribution is -2.15. The van der Waals surface area contributed by atoms with Gasteiger partial charge in [-0.3, -0.25) is 9.79 Å². The van der Waals surface area contributed by atoms with Crippen molar-refractivity contribution in [1.29, 1.82) is 0 Å². The molecule has 0 aromatic heterocycles. The zero-order valence-corrected chi connectivity index (χ0v) is 9.76. The van der Waals surface area contributed by atoms with E-state index in [-0.39, 0.29) is 11.9 Å². The quantitative estimate of drug-likeness (QED) is 0.311. The molecule has 0 aromatic carbocycles.